The number of halogens is 2. The standard InChI is InChI=1S/C12H19F2NO2/c1-11(2,3)17-10(16)15-7-5-4-6-8-9(15)12(8,13)14/h8-9H,4-7H2,1-3H3/t8-,9-/m0/s1. The van der Waals surface area contributed by atoms with Crippen molar-refractivity contribution in [1.29, 1.82) is 0 Å². The first kappa shape index (κ1) is 12.6. The smallest absolute Gasteiger partial charge is 0.410 e. The van der Waals surface area contributed by atoms with E-state index in [0.717, 1.165) is 12.8 Å². The molecule has 2 atom stereocenters. The number of amides is 1. The summed E-state index contributed by atoms with van der Waals surface area (Å²) < 4.78 is 32.1. The summed E-state index contributed by atoms with van der Waals surface area (Å²) in [4.78, 5) is 13.1. The minimum Gasteiger partial charge on any atom is -0.444 e. The van der Waals surface area contributed by atoms with Crippen LogP contribution in [0.2, 0.25) is 0 Å². The molecule has 1 heterocycles. The lowest BCUT2D eigenvalue weighted by atomic mass is 10.2. The molecule has 0 unspecified atom stereocenters. The number of ether oxygens (including phenoxy) is 1. The molecule has 17 heavy (non-hydrogen) atoms. The molecule has 1 amide bonds. The lowest BCUT2D eigenvalue weighted by Crippen LogP contribution is -2.40. The molecule has 3 nitrogen and oxygen atoms in total. The molecule has 2 rings (SSSR count). The van der Waals surface area contributed by atoms with Gasteiger partial charge in [-0.25, -0.2) is 13.6 Å². The van der Waals surface area contributed by atoms with Crippen LogP contribution in [0.25, 0.3) is 0 Å². The molecule has 2 fully saturated rings. The highest BCUT2D eigenvalue weighted by molar-refractivity contribution is 5.69. The van der Waals surface area contributed by atoms with Crippen LogP contribution in [0.15, 0.2) is 0 Å². The van der Waals surface area contributed by atoms with E-state index in [4.69, 9.17) is 4.74 Å². The zero-order valence-electron chi connectivity index (χ0n) is 10.5. The minimum absolute atomic E-state index is 0.381. The van der Waals surface area contributed by atoms with Crippen molar-refractivity contribution in [3.8, 4) is 0 Å². The average Bonchev–Trinajstić information content (AvgIpc) is 2.75. The molecule has 0 aromatic carbocycles. The molecule has 98 valence electrons. The van der Waals surface area contributed by atoms with Crippen molar-refractivity contribution in [2.24, 2.45) is 5.92 Å². The van der Waals surface area contributed by atoms with Gasteiger partial charge in [0.05, 0.1) is 5.92 Å². The van der Waals surface area contributed by atoms with Crippen molar-refractivity contribution in [2.75, 3.05) is 6.54 Å². The quantitative estimate of drug-likeness (QED) is 0.658. The number of carbonyl (C=O) groups excluding carboxylic acids is 1. The number of nitrogens with zero attached hydrogens (tertiary/aromatic N) is 1. The van der Waals surface area contributed by atoms with Crippen LogP contribution >= 0.6 is 0 Å². The van der Waals surface area contributed by atoms with Gasteiger partial charge in [0.25, 0.3) is 5.92 Å². The number of fused-ring (bicyclic) bond motifs is 1. The van der Waals surface area contributed by atoms with Crippen molar-refractivity contribution in [2.45, 2.75) is 57.6 Å². The van der Waals surface area contributed by atoms with Crippen molar-refractivity contribution in [3.05, 3.63) is 0 Å². The topological polar surface area (TPSA) is 29.5 Å². The Kier molecular flexibility index (Phi) is 2.83. The number of carbonyl (C=O) groups is 1. The number of hydrogen-bond donors (Lipinski definition) is 0. The molecule has 2 aliphatic rings. The summed E-state index contributed by atoms with van der Waals surface area (Å²) in [6.45, 7) is 5.60. The lowest BCUT2D eigenvalue weighted by Gasteiger charge is -2.27. The molecule has 0 aromatic rings. The van der Waals surface area contributed by atoms with Gasteiger partial charge in [-0.15, -0.1) is 0 Å². The Morgan fingerprint density at radius 3 is 2.59 bits per heavy atom. The van der Waals surface area contributed by atoms with Gasteiger partial charge in [0.1, 0.15) is 11.6 Å². The van der Waals surface area contributed by atoms with Gasteiger partial charge in [-0.2, -0.15) is 0 Å². The molecule has 5 heteroatoms. The fourth-order valence-electron chi connectivity index (χ4n) is 2.46. The Bertz CT molecular complexity index is 325. The van der Waals surface area contributed by atoms with Gasteiger partial charge >= 0.3 is 6.09 Å². The molecular weight excluding hydrogens is 228 g/mol. The van der Waals surface area contributed by atoms with Crippen LogP contribution in [0.5, 0.6) is 0 Å². The van der Waals surface area contributed by atoms with Crippen LogP contribution < -0.4 is 0 Å². The summed E-state index contributed by atoms with van der Waals surface area (Å²) in [6.07, 6.45) is 1.45. The van der Waals surface area contributed by atoms with Crippen LogP contribution in [-0.4, -0.2) is 35.1 Å². The number of hydrogen-bond acceptors (Lipinski definition) is 2. The van der Waals surface area contributed by atoms with Gasteiger partial charge < -0.3 is 4.74 Å². The predicted molar refractivity (Wildman–Crippen MR) is 59.0 cm³/mol. The zero-order valence-corrected chi connectivity index (χ0v) is 10.5. The van der Waals surface area contributed by atoms with Crippen molar-refractivity contribution < 1.29 is 18.3 Å². The van der Waals surface area contributed by atoms with E-state index in [-0.39, 0.29) is 0 Å². The van der Waals surface area contributed by atoms with E-state index in [1.807, 2.05) is 0 Å². The summed E-state index contributed by atoms with van der Waals surface area (Å²) in [5.41, 5.74) is -0.636. The normalized spacial score (nSPS) is 31.5. The second kappa shape index (κ2) is 3.82. The first-order valence-corrected chi connectivity index (χ1v) is 6.11. The Hall–Kier alpha value is -0.870. The van der Waals surface area contributed by atoms with Crippen LogP contribution in [0.1, 0.15) is 40.0 Å². The largest absolute Gasteiger partial charge is 0.444 e. The molecule has 0 spiro atoms. The predicted octanol–water partition coefficient (Wildman–Crippen LogP) is 3.04. The molecule has 1 aliphatic heterocycles. The highest BCUT2D eigenvalue weighted by Crippen LogP contribution is 2.56. The fourth-order valence-corrected chi connectivity index (χ4v) is 2.46. The van der Waals surface area contributed by atoms with Gasteiger partial charge in [-0.05, 0) is 33.6 Å². The Labute approximate surface area is 100 Å². The van der Waals surface area contributed by atoms with Gasteiger partial charge in [0.2, 0.25) is 0 Å². The molecule has 0 radical (unpaired) electrons. The Morgan fingerprint density at radius 2 is 2.00 bits per heavy atom. The van der Waals surface area contributed by atoms with E-state index in [1.54, 1.807) is 20.8 Å². The van der Waals surface area contributed by atoms with E-state index in [9.17, 15) is 13.6 Å². The van der Waals surface area contributed by atoms with Crippen molar-refractivity contribution in [1.82, 2.24) is 4.90 Å². The molecule has 0 bridgehead atoms. The second-order valence-corrected chi connectivity index (χ2v) is 5.90. The zero-order chi connectivity index (χ0) is 12.8. The van der Waals surface area contributed by atoms with Crippen LogP contribution in [0.3, 0.4) is 0 Å². The third kappa shape index (κ3) is 2.38. The van der Waals surface area contributed by atoms with Gasteiger partial charge in [-0.1, -0.05) is 6.42 Å². The maximum Gasteiger partial charge on any atom is 0.410 e. The number of likely N-dealkylation sites (tertiary alicyclic amines) is 1. The molecule has 1 saturated heterocycles. The Balaban J connectivity index is 2.06. The van der Waals surface area contributed by atoms with E-state index in [2.05, 4.69) is 0 Å². The summed E-state index contributed by atoms with van der Waals surface area (Å²) in [5, 5.41) is 0. The monoisotopic (exact) mass is 247 g/mol. The first-order chi connectivity index (χ1) is 7.73. The third-order valence-corrected chi connectivity index (χ3v) is 3.29. The highest BCUT2D eigenvalue weighted by atomic mass is 19.3. The maximum absolute atomic E-state index is 13.5. The summed E-state index contributed by atoms with van der Waals surface area (Å²) in [6, 6.07) is -0.931. The number of rotatable bonds is 0. The second-order valence-electron chi connectivity index (χ2n) is 5.90. The molecule has 0 aromatic heterocycles. The summed E-state index contributed by atoms with van der Waals surface area (Å²) >= 11 is 0. The minimum atomic E-state index is -2.71. The SMILES string of the molecule is CC(C)(C)OC(=O)N1CCCC[C@H]2[C@H]1C2(F)F. The highest BCUT2D eigenvalue weighted by Gasteiger charge is 2.71. The Morgan fingerprint density at radius 1 is 1.35 bits per heavy atom. The number of alkyl halides is 2. The van der Waals surface area contributed by atoms with E-state index in [1.165, 1.54) is 4.90 Å². The van der Waals surface area contributed by atoms with E-state index >= 15 is 0 Å². The van der Waals surface area contributed by atoms with Crippen LogP contribution in [-0.2, 0) is 4.74 Å². The van der Waals surface area contributed by atoms with Crippen LogP contribution in [0.4, 0.5) is 13.6 Å². The molecule has 0 N–H and O–H groups in total. The summed E-state index contributed by atoms with van der Waals surface area (Å²) in [5.74, 6) is -3.37. The van der Waals surface area contributed by atoms with Gasteiger partial charge in [0, 0.05) is 6.54 Å². The van der Waals surface area contributed by atoms with Crippen molar-refractivity contribution in [3.63, 3.8) is 0 Å². The fraction of sp³-hybridized carbons (Fsp3) is 0.917. The third-order valence-electron chi connectivity index (χ3n) is 3.29. The average molecular weight is 247 g/mol. The van der Waals surface area contributed by atoms with Crippen LogP contribution in [0, 0.1) is 5.92 Å². The van der Waals surface area contributed by atoms with E-state index < -0.39 is 29.6 Å². The van der Waals surface area contributed by atoms with Gasteiger partial charge in [-0.3, -0.25) is 4.90 Å². The summed E-state index contributed by atoms with van der Waals surface area (Å²) in [7, 11) is 0. The molecule has 1 aliphatic carbocycles. The molecule has 1 saturated carbocycles. The maximum atomic E-state index is 13.5. The van der Waals surface area contributed by atoms with E-state index in [0.29, 0.717) is 13.0 Å². The lowest BCUT2D eigenvalue weighted by molar-refractivity contribution is 0.00791. The van der Waals surface area contributed by atoms with Crippen molar-refractivity contribution >= 4 is 6.09 Å². The van der Waals surface area contributed by atoms with Gasteiger partial charge in [0.15, 0.2) is 0 Å². The molecular formula is C12H19F2NO2. The first-order valence-electron chi connectivity index (χ1n) is 6.11.